The second-order valence-electron chi connectivity index (χ2n) is 9.13. The van der Waals surface area contributed by atoms with Gasteiger partial charge >= 0.3 is 0 Å². The zero-order valence-corrected chi connectivity index (χ0v) is 21.4. The maximum atomic E-state index is 13.7. The second-order valence-corrected chi connectivity index (χ2v) is 9.13. The van der Waals surface area contributed by atoms with Crippen LogP contribution in [0.1, 0.15) is 77.8 Å². The number of aliphatic hydroxyl groups excluding tert-OH is 2. The van der Waals surface area contributed by atoms with Crippen LogP contribution in [0.25, 0.3) is 0 Å². The normalized spacial score (nSPS) is 13.0. The average Bonchev–Trinajstić information content (AvgIpc) is 2.91. The number of nitrogens with zero attached hydrogens (tertiary/aromatic N) is 1. The lowest BCUT2D eigenvalue weighted by atomic mass is 9.82. The summed E-state index contributed by atoms with van der Waals surface area (Å²) in [7, 11) is 0. The number of nitrogens with one attached hydrogen (secondary N) is 2. The number of hydrogen-bond acceptors (Lipinski definition) is 8. The summed E-state index contributed by atoms with van der Waals surface area (Å²) in [5.41, 5.74) is 2.88. The van der Waals surface area contributed by atoms with Crippen molar-refractivity contribution in [3.8, 4) is 0 Å². The molecule has 0 radical (unpaired) electrons. The number of benzene rings is 2. The number of hydrogen-bond donors (Lipinski definition) is 4. The van der Waals surface area contributed by atoms with Gasteiger partial charge in [-0.1, -0.05) is 13.8 Å². The van der Waals surface area contributed by atoms with Crippen LogP contribution in [0, 0.1) is 0 Å². The first-order chi connectivity index (χ1) is 17.9. The van der Waals surface area contributed by atoms with E-state index in [0.717, 1.165) is 12.8 Å². The minimum absolute atomic E-state index is 0.136. The summed E-state index contributed by atoms with van der Waals surface area (Å²) >= 11 is 0. The number of carbonyl (C=O) groups is 4. The Balaban J connectivity index is 1.89. The van der Waals surface area contributed by atoms with E-state index >= 15 is 0 Å². The molecule has 0 fully saturated rings. The number of aliphatic hydroxyl groups is 2. The molecule has 4 N–H and O–H groups in total. The molecule has 9 heteroatoms. The Hall–Kier alpha value is -3.56. The van der Waals surface area contributed by atoms with Crippen molar-refractivity contribution >= 4 is 40.8 Å². The summed E-state index contributed by atoms with van der Waals surface area (Å²) in [6.45, 7) is 5.08. The molecule has 2 aromatic rings. The van der Waals surface area contributed by atoms with Gasteiger partial charge in [-0.3, -0.25) is 19.2 Å². The van der Waals surface area contributed by atoms with Gasteiger partial charge in [0.2, 0.25) is 6.41 Å². The Bertz CT molecular complexity index is 1160. The summed E-state index contributed by atoms with van der Waals surface area (Å²) in [6.07, 6.45) is 1.59. The van der Waals surface area contributed by atoms with Gasteiger partial charge in [0, 0.05) is 60.7 Å². The average molecular weight is 510 g/mol. The van der Waals surface area contributed by atoms with Gasteiger partial charge in [0.25, 0.3) is 0 Å². The lowest BCUT2D eigenvalue weighted by Crippen LogP contribution is -2.27. The number of anilines is 3. The maximum Gasteiger partial charge on any atom is 0.214 e. The first-order valence-corrected chi connectivity index (χ1v) is 12.8. The predicted molar refractivity (Wildman–Crippen MR) is 143 cm³/mol. The third-order valence-electron chi connectivity index (χ3n) is 6.27. The lowest BCUT2D eigenvalue weighted by molar-refractivity contribution is -0.121. The van der Waals surface area contributed by atoms with E-state index in [4.69, 9.17) is 5.11 Å². The molecule has 1 aliphatic rings. The Morgan fingerprint density at radius 3 is 2.11 bits per heavy atom. The second kappa shape index (κ2) is 13.1. The molecule has 0 heterocycles. The van der Waals surface area contributed by atoms with E-state index in [1.165, 1.54) is 4.90 Å². The van der Waals surface area contributed by atoms with Crippen LogP contribution in [-0.2, 0) is 9.59 Å². The highest BCUT2D eigenvalue weighted by Crippen LogP contribution is 2.37. The molecule has 37 heavy (non-hydrogen) atoms. The molecule has 2 aromatic carbocycles. The van der Waals surface area contributed by atoms with E-state index < -0.39 is 12.7 Å². The van der Waals surface area contributed by atoms with Crippen molar-refractivity contribution in [2.75, 3.05) is 41.8 Å². The SMILES string of the molecule is CCCNc1ccc(NCCC)c2c1C(=O)c1ccc(N(C=O)CCCC(=O)CC(O)CO)cc1C2=O. The van der Waals surface area contributed by atoms with Gasteiger partial charge in [-0.05, 0) is 49.6 Å². The van der Waals surface area contributed by atoms with E-state index in [0.29, 0.717) is 54.1 Å². The minimum Gasteiger partial charge on any atom is -0.394 e. The molecule has 0 spiro atoms. The third kappa shape index (κ3) is 6.42. The molecule has 1 amide bonds. The fraction of sp³-hybridized carbons (Fsp3) is 0.429. The van der Waals surface area contributed by atoms with E-state index in [2.05, 4.69) is 10.6 Å². The molecule has 3 rings (SSSR count). The largest absolute Gasteiger partial charge is 0.394 e. The van der Waals surface area contributed by atoms with Crippen LogP contribution in [-0.4, -0.2) is 66.3 Å². The van der Waals surface area contributed by atoms with Crippen molar-refractivity contribution in [3.05, 3.63) is 52.6 Å². The zero-order valence-electron chi connectivity index (χ0n) is 21.4. The van der Waals surface area contributed by atoms with Gasteiger partial charge in [0.15, 0.2) is 11.6 Å². The molecule has 9 nitrogen and oxygen atoms in total. The van der Waals surface area contributed by atoms with E-state index in [9.17, 15) is 24.3 Å². The molecule has 1 aliphatic carbocycles. The van der Waals surface area contributed by atoms with Crippen LogP contribution in [0.15, 0.2) is 30.3 Å². The Labute approximate surface area is 216 Å². The van der Waals surface area contributed by atoms with Crippen molar-refractivity contribution in [2.45, 2.75) is 52.1 Å². The summed E-state index contributed by atoms with van der Waals surface area (Å²) in [5, 5.41) is 24.8. The van der Waals surface area contributed by atoms with Crippen LogP contribution >= 0.6 is 0 Å². The third-order valence-corrected chi connectivity index (χ3v) is 6.27. The van der Waals surface area contributed by atoms with E-state index in [1.54, 1.807) is 18.2 Å². The Morgan fingerprint density at radius 1 is 0.973 bits per heavy atom. The molecule has 0 aromatic heterocycles. The van der Waals surface area contributed by atoms with Crippen LogP contribution in [0.4, 0.5) is 17.1 Å². The summed E-state index contributed by atoms with van der Waals surface area (Å²) in [6, 6.07) is 8.39. The van der Waals surface area contributed by atoms with Gasteiger partial charge in [0.1, 0.15) is 5.78 Å². The predicted octanol–water partition coefficient (Wildman–Crippen LogP) is 3.16. The molecular formula is C28H35N3O6. The monoisotopic (exact) mass is 509 g/mol. The molecule has 0 aliphatic heterocycles. The molecule has 0 saturated heterocycles. The van der Waals surface area contributed by atoms with Gasteiger partial charge in [0.05, 0.1) is 23.8 Å². The van der Waals surface area contributed by atoms with Crippen molar-refractivity contribution in [1.82, 2.24) is 0 Å². The number of carbonyl (C=O) groups excluding carboxylic acids is 4. The highest BCUT2D eigenvalue weighted by molar-refractivity contribution is 6.32. The fourth-order valence-electron chi connectivity index (χ4n) is 4.37. The van der Waals surface area contributed by atoms with Gasteiger partial charge < -0.3 is 25.7 Å². The molecule has 0 saturated carbocycles. The van der Waals surface area contributed by atoms with Crippen LogP contribution in [0.2, 0.25) is 0 Å². The maximum absolute atomic E-state index is 13.7. The number of fused-ring (bicyclic) bond motifs is 2. The van der Waals surface area contributed by atoms with E-state index in [1.807, 2.05) is 26.0 Å². The van der Waals surface area contributed by atoms with Crippen molar-refractivity contribution < 1.29 is 29.4 Å². The summed E-state index contributed by atoms with van der Waals surface area (Å²) in [4.78, 5) is 52.5. The number of ketones is 3. The number of rotatable bonds is 15. The van der Waals surface area contributed by atoms with Crippen molar-refractivity contribution in [2.24, 2.45) is 0 Å². The number of Topliss-reactive ketones (excluding diaryl/α,β-unsaturated/α-hetero) is 1. The Kier molecular flexibility index (Phi) is 9.93. The number of amides is 1. The van der Waals surface area contributed by atoms with Crippen molar-refractivity contribution in [3.63, 3.8) is 0 Å². The van der Waals surface area contributed by atoms with Gasteiger partial charge in [-0.25, -0.2) is 0 Å². The smallest absolute Gasteiger partial charge is 0.214 e. The molecule has 0 bridgehead atoms. The first kappa shape index (κ1) is 28.0. The summed E-state index contributed by atoms with van der Waals surface area (Å²) in [5.74, 6) is -0.750. The van der Waals surface area contributed by atoms with Crippen molar-refractivity contribution in [1.29, 1.82) is 0 Å². The highest BCUT2D eigenvalue weighted by atomic mass is 16.3. The first-order valence-electron chi connectivity index (χ1n) is 12.8. The highest BCUT2D eigenvalue weighted by Gasteiger charge is 2.34. The molecule has 1 unspecified atom stereocenters. The fourth-order valence-corrected chi connectivity index (χ4v) is 4.37. The molecule has 1 atom stereocenters. The van der Waals surface area contributed by atoms with Crippen LogP contribution in [0.5, 0.6) is 0 Å². The lowest BCUT2D eigenvalue weighted by Gasteiger charge is -2.25. The van der Waals surface area contributed by atoms with E-state index in [-0.39, 0.29) is 47.9 Å². The topological polar surface area (TPSA) is 136 Å². The van der Waals surface area contributed by atoms with Crippen LogP contribution in [0.3, 0.4) is 0 Å². The standard InChI is InChI=1S/C28H35N3O6/c1-3-11-29-23-9-10-24(30-12-4-2)26-25(23)27(36)21-8-7-18(14-22(21)28(26)37)31(17-33)13-5-6-19(34)15-20(35)16-32/h7-10,14,17,20,29-30,32,35H,3-6,11-13,15-16H2,1-2H3. The Morgan fingerprint density at radius 2 is 1.57 bits per heavy atom. The van der Waals surface area contributed by atoms with Crippen LogP contribution < -0.4 is 15.5 Å². The zero-order chi connectivity index (χ0) is 26.9. The molecule has 198 valence electrons. The minimum atomic E-state index is -1.09. The quantitative estimate of drug-likeness (QED) is 0.229. The van der Waals surface area contributed by atoms with Gasteiger partial charge in [-0.15, -0.1) is 0 Å². The molecular weight excluding hydrogens is 474 g/mol. The summed E-state index contributed by atoms with van der Waals surface area (Å²) < 4.78 is 0. The van der Waals surface area contributed by atoms with Gasteiger partial charge in [-0.2, -0.15) is 0 Å².